The number of amides is 1. The first kappa shape index (κ1) is 14.6. The minimum absolute atomic E-state index is 0.460. The van der Waals surface area contributed by atoms with Crippen LogP contribution >= 0.6 is 11.3 Å². The van der Waals surface area contributed by atoms with E-state index in [4.69, 9.17) is 5.11 Å². The van der Waals surface area contributed by atoms with Crippen LogP contribution in [0.15, 0.2) is 47.5 Å². The molecule has 0 bridgehead atoms. The van der Waals surface area contributed by atoms with Crippen molar-refractivity contribution < 1.29 is 14.7 Å². The maximum atomic E-state index is 11.5. The van der Waals surface area contributed by atoms with Crippen LogP contribution in [0, 0.1) is 0 Å². The van der Waals surface area contributed by atoms with Gasteiger partial charge in [0.15, 0.2) is 0 Å². The highest BCUT2D eigenvalue weighted by Crippen LogP contribution is 2.38. The summed E-state index contributed by atoms with van der Waals surface area (Å²) >= 11 is 1.67. The van der Waals surface area contributed by atoms with E-state index < -0.39 is 11.9 Å². The van der Waals surface area contributed by atoms with Gasteiger partial charge in [-0.15, -0.1) is 11.3 Å². The first-order valence-electron chi connectivity index (χ1n) is 7.32. The van der Waals surface area contributed by atoms with Crippen molar-refractivity contribution in [2.75, 3.05) is 5.32 Å². The number of aliphatic carboxylic acids is 1. The summed E-state index contributed by atoms with van der Waals surface area (Å²) in [5.41, 5.74) is 3.44. The van der Waals surface area contributed by atoms with E-state index in [-0.39, 0.29) is 0 Å². The second-order valence-corrected chi connectivity index (χ2v) is 6.55. The highest BCUT2D eigenvalue weighted by molar-refractivity contribution is 7.22. The van der Waals surface area contributed by atoms with Gasteiger partial charge < -0.3 is 10.4 Å². The van der Waals surface area contributed by atoms with Crippen LogP contribution in [-0.2, 0) is 16.1 Å². The van der Waals surface area contributed by atoms with Crippen molar-refractivity contribution >= 4 is 45.2 Å². The Labute approximate surface area is 141 Å². The summed E-state index contributed by atoms with van der Waals surface area (Å²) in [5.74, 6) is -2.56. The van der Waals surface area contributed by atoms with Gasteiger partial charge in [-0.05, 0) is 40.8 Å². The topological polar surface area (TPSA) is 78.8 Å². The van der Waals surface area contributed by atoms with Crippen LogP contribution in [-0.4, -0.2) is 23.2 Å². The van der Waals surface area contributed by atoms with Crippen molar-refractivity contribution in [2.45, 2.75) is 6.54 Å². The zero-order chi connectivity index (χ0) is 16.7. The second-order valence-electron chi connectivity index (χ2n) is 5.47. The van der Waals surface area contributed by atoms with E-state index in [9.17, 15) is 9.59 Å². The predicted octanol–water partition coefficient (Wildman–Crippen LogP) is 3.52. The Hall–Kier alpha value is -2.99. The molecular weight excluding hydrogens is 324 g/mol. The van der Waals surface area contributed by atoms with E-state index in [1.807, 2.05) is 18.2 Å². The fourth-order valence-electron chi connectivity index (χ4n) is 2.81. The summed E-state index contributed by atoms with van der Waals surface area (Å²) in [4.78, 5) is 27.6. The number of thiophene rings is 1. The summed E-state index contributed by atoms with van der Waals surface area (Å²) in [6, 6.07) is 13.8. The van der Waals surface area contributed by atoms with Crippen molar-refractivity contribution in [3.05, 3.63) is 53.6 Å². The molecule has 2 N–H and O–H groups in total. The van der Waals surface area contributed by atoms with Crippen LogP contribution in [0.2, 0.25) is 0 Å². The van der Waals surface area contributed by atoms with Gasteiger partial charge in [-0.25, -0.2) is 4.79 Å². The first-order chi connectivity index (χ1) is 11.6. The van der Waals surface area contributed by atoms with E-state index in [2.05, 4.69) is 28.5 Å². The molecule has 1 aromatic heterocycles. The number of anilines is 1. The molecule has 5 nitrogen and oxygen atoms in total. The number of hydrogen-bond donors (Lipinski definition) is 2. The molecule has 0 spiro atoms. The molecule has 2 aromatic carbocycles. The van der Waals surface area contributed by atoms with Crippen LogP contribution in [0.5, 0.6) is 0 Å². The Morgan fingerprint density at radius 2 is 2.00 bits per heavy atom. The molecule has 0 saturated heterocycles. The summed E-state index contributed by atoms with van der Waals surface area (Å²) < 4.78 is 1.18. The van der Waals surface area contributed by atoms with Gasteiger partial charge in [0, 0.05) is 27.0 Å². The van der Waals surface area contributed by atoms with Crippen LogP contribution in [0.3, 0.4) is 0 Å². The predicted molar refractivity (Wildman–Crippen MR) is 94.8 cm³/mol. The van der Waals surface area contributed by atoms with E-state index in [1.54, 1.807) is 23.6 Å². The molecule has 0 unspecified atom stereocenters. The first-order valence-corrected chi connectivity index (χ1v) is 8.13. The maximum absolute atomic E-state index is 11.5. The number of carboxylic acid groups (broad SMARTS) is 1. The van der Waals surface area contributed by atoms with Crippen molar-refractivity contribution in [1.29, 1.82) is 0 Å². The highest BCUT2D eigenvalue weighted by Gasteiger charge is 2.18. The summed E-state index contributed by atoms with van der Waals surface area (Å²) in [6.45, 7) is 0.589. The molecule has 1 aliphatic rings. The largest absolute Gasteiger partial charge is 0.474 e. The normalized spacial score (nSPS) is 12.3. The van der Waals surface area contributed by atoms with Gasteiger partial charge in [-0.3, -0.25) is 9.79 Å². The van der Waals surface area contributed by atoms with E-state index in [0.29, 0.717) is 12.2 Å². The number of carboxylic acids is 1. The maximum Gasteiger partial charge on any atom is 0.394 e. The highest BCUT2D eigenvalue weighted by atomic mass is 32.1. The molecule has 6 heteroatoms. The van der Waals surface area contributed by atoms with Crippen LogP contribution in [0.25, 0.3) is 20.5 Å². The number of carbonyl (C=O) groups excluding carboxylic acids is 1. The summed E-state index contributed by atoms with van der Waals surface area (Å²) in [7, 11) is 0. The average Bonchev–Trinajstić information content (AvgIpc) is 3.20. The fourth-order valence-corrected chi connectivity index (χ4v) is 3.92. The van der Waals surface area contributed by atoms with Crippen molar-refractivity contribution in [1.82, 2.24) is 0 Å². The molecule has 0 atom stereocenters. The van der Waals surface area contributed by atoms with Crippen molar-refractivity contribution in [3.63, 3.8) is 0 Å². The lowest BCUT2D eigenvalue weighted by Crippen LogP contribution is -2.21. The zero-order valence-corrected chi connectivity index (χ0v) is 13.3. The van der Waals surface area contributed by atoms with E-state index >= 15 is 0 Å². The van der Waals surface area contributed by atoms with Crippen LogP contribution in [0.1, 0.15) is 11.1 Å². The van der Waals surface area contributed by atoms with Crippen LogP contribution < -0.4 is 5.32 Å². The van der Waals surface area contributed by atoms with Crippen molar-refractivity contribution in [3.8, 4) is 10.4 Å². The minimum Gasteiger partial charge on any atom is -0.474 e. The number of benzene rings is 2. The molecule has 2 heterocycles. The lowest BCUT2D eigenvalue weighted by Gasteiger charge is -2.10. The molecule has 3 aromatic rings. The number of nitrogens with one attached hydrogen (secondary N) is 1. The SMILES string of the molecule is O=C(O)C(=O)Nc1cc2c(c(-c3cc4ccccc4s3)c1)CN=C2. The second kappa shape index (κ2) is 5.58. The third-order valence-corrected chi connectivity index (χ3v) is 5.06. The smallest absolute Gasteiger partial charge is 0.394 e. The van der Waals surface area contributed by atoms with Gasteiger partial charge in [-0.2, -0.15) is 0 Å². The number of nitrogens with zero attached hydrogens (tertiary/aromatic N) is 1. The number of hydrogen-bond acceptors (Lipinski definition) is 4. The van der Waals surface area contributed by atoms with Crippen LogP contribution in [0.4, 0.5) is 5.69 Å². The Morgan fingerprint density at radius 3 is 2.79 bits per heavy atom. The lowest BCUT2D eigenvalue weighted by atomic mass is 10.0. The Balaban J connectivity index is 1.83. The molecule has 0 radical (unpaired) electrons. The number of rotatable bonds is 2. The Bertz CT molecular complexity index is 987. The van der Waals surface area contributed by atoms with Gasteiger partial charge in [0.25, 0.3) is 0 Å². The molecular formula is C18H12N2O3S. The quantitative estimate of drug-likeness (QED) is 0.703. The molecule has 0 aliphatic carbocycles. The standard InChI is InChI=1S/C18H12N2O3S/c21-17(18(22)23)20-12-5-11-8-19-9-14(11)13(7-12)16-6-10-3-1-2-4-15(10)24-16/h1-8H,9H2,(H,20,21)(H,22,23). The van der Waals surface area contributed by atoms with Gasteiger partial charge in [0.1, 0.15) is 0 Å². The molecule has 0 saturated carbocycles. The molecule has 118 valence electrons. The average molecular weight is 336 g/mol. The van der Waals surface area contributed by atoms with Gasteiger partial charge in [0.05, 0.1) is 6.54 Å². The van der Waals surface area contributed by atoms with E-state index in [0.717, 1.165) is 27.0 Å². The molecule has 0 fully saturated rings. The molecule has 24 heavy (non-hydrogen) atoms. The number of aliphatic imine (C=N–C) groups is 1. The zero-order valence-electron chi connectivity index (χ0n) is 12.4. The molecule has 4 rings (SSSR count). The minimum atomic E-state index is -1.51. The monoisotopic (exact) mass is 336 g/mol. The lowest BCUT2D eigenvalue weighted by molar-refractivity contribution is -0.147. The Morgan fingerprint density at radius 1 is 1.17 bits per heavy atom. The van der Waals surface area contributed by atoms with E-state index in [1.165, 1.54) is 4.70 Å². The molecule has 1 amide bonds. The number of carbonyl (C=O) groups is 2. The summed E-state index contributed by atoms with van der Waals surface area (Å²) in [6.07, 6.45) is 1.75. The summed E-state index contributed by atoms with van der Waals surface area (Å²) in [5, 5.41) is 12.4. The molecule has 1 aliphatic heterocycles. The Kier molecular flexibility index (Phi) is 3.39. The van der Waals surface area contributed by atoms with Gasteiger partial charge in [-0.1, -0.05) is 18.2 Å². The van der Waals surface area contributed by atoms with Crippen molar-refractivity contribution in [2.24, 2.45) is 4.99 Å². The van der Waals surface area contributed by atoms with Gasteiger partial charge >= 0.3 is 11.9 Å². The van der Waals surface area contributed by atoms with Gasteiger partial charge in [0.2, 0.25) is 0 Å². The third-order valence-electron chi connectivity index (χ3n) is 3.91. The fraction of sp³-hybridized carbons (Fsp3) is 0.0556. The third kappa shape index (κ3) is 2.47. The number of fused-ring (bicyclic) bond motifs is 2.